The van der Waals surface area contributed by atoms with Crippen molar-refractivity contribution in [3.63, 3.8) is 0 Å². The number of phenolic OH excluding ortho intramolecular Hbond substituents is 1. The van der Waals surface area contributed by atoms with Gasteiger partial charge in [0.2, 0.25) is 17.7 Å². The summed E-state index contributed by atoms with van der Waals surface area (Å²) in [6, 6.07) is 13.5. The van der Waals surface area contributed by atoms with Crippen molar-refractivity contribution in [2.75, 3.05) is 11.9 Å². The number of hydrogen-bond donors (Lipinski definition) is 3. The number of anilines is 1. The molecule has 1 saturated heterocycles. The smallest absolute Gasteiger partial charge is 0.248 e. The number of amides is 3. The molecule has 1 fully saturated rings. The van der Waals surface area contributed by atoms with Crippen LogP contribution in [-0.2, 0) is 16.1 Å². The van der Waals surface area contributed by atoms with E-state index in [0.29, 0.717) is 19.5 Å². The van der Waals surface area contributed by atoms with Crippen LogP contribution in [0.4, 0.5) is 5.69 Å². The lowest BCUT2D eigenvalue weighted by Crippen LogP contribution is -2.32. The van der Waals surface area contributed by atoms with Crippen molar-refractivity contribution < 1.29 is 19.5 Å². The monoisotopic (exact) mass is 353 g/mol. The Morgan fingerprint density at radius 2 is 1.92 bits per heavy atom. The number of carbonyl (C=O) groups is 3. The minimum Gasteiger partial charge on any atom is -0.506 e. The summed E-state index contributed by atoms with van der Waals surface area (Å²) in [6.07, 6.45) is 0.414. The number of hydrogen-bond acceptors (Lipinski definition) is 4. The van der Waals surface area contributed by atoms with Crippen LogP contribution in [0.25, 0.3) is 0 Å². The summed E-state index contributed by atoms with van der Waals surface area (Å²) in [5.41, 5.74) is 6.41. The van der Waals surface area contributed by atoms with E-state index in [4.69, 9.17) is 5.73 Å². The maximum absolute atomic E-state index is 12.5. The Morgan fingerprint density at radius 1 is 1.19 bits per heavy atom. The van der Waals surface area contributed by atoms with E-state index in [1.807, 2.05) is 30.3 Å². The van der Waals surface area contributed by atoms with Crippen LogP contribution >= 0.6 is 0 Å². The molecule has 1 aliphatic heterocycles. The second-order valence-electron chi connectivity index (χ2n) is 6.17. The second-order valence-corrected chi connectivity index (χ2v) is 6.17. The highest BCUT2D eigenvalue weighted by Crippen LogP contribution is 2.27. The number of benzene rings is 2. The Balaban J connectivity index is 1.65. The molecule has 0 spiro atoms. The molecular formula is C19H19N3O4. The van der Waals surface area contributed by atoms with Gasteiger partial charge < -0.3 is 21.1 Å². The third kappa shape index (κ3) is 3.66. The third-order valence-corrected chi connectivity index (χ3v) is 4.37. The van der Waals surface area contributed by atoms with Gasteiger partial charge >= 0.3 is 0 Å². The number of nitrogens with zero attached hydrogens (tertiary/aromatic N) is 1. The standard InChI is InChI=1S/C19H19N3O4/c20-17(24)13-6-7-15(16(23)10-13)21-18(25)14-8-9-22(19(14)26)11-12-4-2-1-3-5-12/h1-7,10,14,23H,8-9,11H2,(H2,20,24)(H,21,25). The molecule has 7 nitrogen and oxygen atoms in total. The zero-order valence-corrected chi connectivity index (χ0v) is 14.0. The summed E-state index contributed by atoms with van der Waals surface area (Å²) in [6.45, 7) is 0.959. The molecule has 134 valence electrons. The average Bonchev–Trinajstić information content (AvgIpc) is 2.98. The fourth-order valence-corrected chi connectivity index (χ4v) is 2.95. The Bertz CT molecular complexity index is 851. The molecule has 1 unspecified atom stereocenters. The van der Waals surface area contributed by atoms with Gasteiger partial charge in [-0.1, -0.05) is 30.3 Å². The van der Waals surface area contributed by atoms with Gasteiger partial charge in [-0.3, -0.25) is 14.4 Å². The Hall–Kier alpha value is -3.35. The molecule has 2 aromatic carbocycles. The molecule has 0 aliphatic carbocycles. The van der Waals surface area contributed by atoms with E-state index in [-0.39, 0.29) is 22.9 Å². The van der Waals surface area contributed by atoms with E-state index in [2.05, 4.69) is 5.32 Å². The minimum absolute atomic E-state index is 0.131. The highest BCUT2D eigenvalue weighted by Gasteiger charge is 2.37. The van der Waals surface area contributed by atoms with Gasteiger partial charge in [-0.2, -0.15) is 0 Å². The molecule has 0 bridgehead atoms. The van der Waals surface area contributed by atoms with E-state index >= 15 is 0 Å². The van der Waals surface area contributed by atoms with Crippen molar-refractivity contribution in [2.45, 2.75) is 13.0 Å². The van der Waals surface area contributed by atoms with Gasteiger partial charge in [0.15, 0.2) is 0 Å². The number of nitrogens with one attached hydrogen (secondary N) is 1. The van der Waals surface area contributed by atoms with Crippen molar-refractivity contribution in [1.29, 1.82) is 0 Å². The van der Waals surface area contributed by atoms with Crippen LogP contribution in [0.3, 0.4) is 0 Å². The quantitative estimate of drug-likeness (QED) is 0.558. The largest absolute Gasteiger partial charge is 0.506 e. The Labute approximate surface area is 150 Å². The first-order valence-electron chi connectivity index (χ1n) is 8.22. The summed E-state index contributed by atoms with van der Waals surface area (Å²) in [5, 5.41) is 12.5. The normalized spacial score (nSPS) is 16.5. The van der Waals surface area contributed by atoms with Crippen molar-refractivity contribution in [3.05, 3.63) is 59.7 Å². The Morgan fingerprint density at radius 3 is 2.58 bits per heavy atom. The average molecular weight is 353 g/mol. The van der Waals surface area contributed by atoms with Crippen LogP contribution in [0.2, 0.25) is 0 Å². The lowest BCUT2D eigenvalue weighted by molar-refractivity contribution is -0.136. The number of primary amides is 1. The first-order chi connectivity index (χ1) is 12.5. The molecule has 1 heterocycles. The molecule has 3 rings (SSSR count). The molecule has 0 radical (unpaired) electrons. The van der Waals surface area contributed by atoms with Crippen LogP contribution in [0.15, 0.2) is 48.5 Å². The van der Waals surface area contributed by atoms with Crippen LogP contribution in [0, 0.1) is 5.92 Å². The molecule has 2 aromatic rings. The molecule has 26 heavy (non-hydrogen) atoms. The van der Waals surface area contributed by atoms with E-state index in [1.165, 1.54) is 18.2 Å². The van der Waals surface area contributed by atoms with Gasteiger partial charge in [0.1, 0.15) is 11.7 Å². The van der Waals surface area contributed by atoms with E-state index in [1.54, 1.807) is 4.90 Å². The van der Waals surface area contributed by atoms with Gasteiger partial charge in [-0.25, -0.2) is 0 Å². The van der Waals surface area contributed by atoms with Crippen molar-refractivity contribution in [3.8, 4) is 5.75 Å². The Kier molecular flexibility index (Phi) is 4.88. The maximum atomic E-state index is 12.5. The zero-order valence-electron chi connectivity index (χ0n) is 14.0. The fourth-order valence-electron chi connectivity index (χ4n) is 2.95. The highest BCUT2D eigenvalue weighted by atomic mass is 16.3. The van der Waals surface area contributed by atoms with E-state index in [9.17, 15) is 19.5 Å². The molecule has 7 heteroatoms. The number of likely N-dealkylation sites (tertiary alicyclic amines) is 1. The molecule has 1 aliphatic rings. The van der Waals surface area contributed by atoms with Crippen LogP contribution in [-0.4, -0.2) is 34.3 Å². The minimum atomic E-state index is -0.797. The molecule has 3 amide bonds. The van der Waals surface area contributed by atoms with Gasteiger partial charge in [0, 0.05) is 18.7 Å². The summed E-state index contributed by atoms with van der Waals surface area (Å²) in [4.78, 5) is 37.7. The van der Waals surface area contributed by atoms with Crippen LogP contribution in [0.1, 0.15) is 22.3 Å². The van der Waals surface area contributed by atoms with Gasteiger partial charge in [-0.05, 0) is 30.2 Å². The van der Waals surface area contributed by atoms with E-state index < -0.39 is 17.7 Å². The summed E-state index contributed by atoms with van der Waals surface area (Å²) >= 11 is 0. The first-order valence-corrected chi connectivity index (χ1v) is 8.22. The zero-order chi connectivity index (χ0) is 18.7. The molecule has 4 N–H and O–H groups in total. The summed E-state index contributed by atoms with van der Waals surface area (Å²) in [7, 11) is 0. The van der Waals surface area contributed by atoms with Crippen LogP contribution < -0.4 is 11.1 Å². The number of aromatic hydroxyl groups is 1. The van der Waals surface area contributed by atoms with Crippen molar-refractivity contribution >= 4 is 23.4 Å². The summed E-state index contributed by atoms with van der Waals surface area (Å²) in [5.74, 6) is -2.47. The SMILES string of the molecule is NC(=O)c1ccc(NC(=O)C2CCN(Cc3ccccc3)C2=O)c(O)c1. The first kappa shape index (κ1) is 17.5. The maximum Gasteiger partial charge on any atom is 0.248 e. The predicted octanol–water partition coefficient (Wildman–Crippen LogP) is 1.48. The van der Waals surface area contributed by atoms with Gasteiger partial charge in [0.05, 0.1) is 5.69 Å². The number of nitrogens with two attached hydrogens (primary N) is 1. The summed E-state index contributed by atoms with van der Waals surface area (Å²) < 4.78 is 0. The van der Waals surface area contributed by atoms with E-state index in [0.717, 1.165) is 5.56 Å². The predicted molar refractivity (Wildman–Crippen MR) is 95.2 cm³/mol. The number of carbonyl (C=O) groups excluding carboxylic acids is 3. The lowest BCUT2D eigenvalue weighted by atomic mass is 10.1. The molecule has 0 saturated carbocycles. The van der Waals surface area contributed by atoms with Crippen molar-refractivity contribution in [2.24, 2.45) is 11.7 Å². The van der Waals surface area contributed by atoms with Gasteiger partial charge in [0.25, 0.3) is 0 Å². The molecule has 0 aromatic heterocycles. The van der Waals surface area contributed by atoms with Crippen molar-refractivity contribution in [1.82, 2.24) is 4.90 Å². The fraction of sp³-hybridized carbons (Fsp3) is 0.211. The van der Waals surface area contributed by atoms with Crippen LogP contribution in [0.5, 0.6) is 5.75 Å². The third-order valence-electron chi connectivity index (χ3n) is 4.37. The topological polar surface area (TPSA) is 113 Å². The lowest BCUT2D eigenvalue weighted by Gasteiger charge is -2.17. The molecular weight excluding hydrogens is 334 g/mol. The number of phenols is 1. The highest BCUT2D eigenvalue weighted by molar-refractivity contribution is 6.08. The molecule has 1 atom stereocenters. The van der Waals surface area contributed by atoms with Gasteiger partial charge in [-0.15, -0.1) is 0 Å². The number of rotatable bonds is 5. The second kappa shape index (κ2) is 7.26.